The molecule has 0 aliphatic carbocycles. The number of nitrogens with zero attached hydrogens (tertiary/aromatic N) is 2. The quantitative estimate of drug-likeness (QED) is 0.653. The Morgan fingerprint density at radius 1 is 1.67 bits per heavy atom. The van der Waals surface area contributed by atoms with Gasteiger partial charge in [-0.25, -0.2) is 9.36 Å². The fourth-order valence-electron chi connectivity index (χ4n) is 0.700. The first-order chi connectivity index (χ1) is 5.66. The van der Waals surface area contributed by atoms with E-state index in [1.165, 1.54) is 0 Å². The molecule has 0 bridgehead atoms. The predicted molar refractivity (Wildman–Crippen MR) is 41.9 cm³/mol. The molecular weight excluding hydrogens is 182 g/mol. The Balaban J connectivity index is 3.46. The highest BCUT2D eigenvalue weighted by atomic mass is 35.5. The zero-order valence-electron chi connectivity index (χ0n) is 5.87. The first-order valence-electron chi connectivity index (χ1n) is 3.02. The van der Waals surface area contributed by atoms with Crippen LogP contribution in [0, 0.1) is 11.3 Å². The second-order valence-corrected chi connectivity index (χ2v) is 2.40. The van der Waals surface area contributed by atoms with E-state index in [0.29, 0.717) is 0 Å². The lowest BCUT2D eigenvalue weighted by Crippen LogP contribution is -2.34. The number of halogens is 1. The van der Waals surface area contributed by atoms with Crippen molar-refractivity contribution in [2.24, 2.45) is 0 Å². The molecule has 0 amide bonds. The molecule has 0 radical (unpaired) electrons. The standard InChI is InChI=1S/C6H4ClN3O2/c7-4-3-9-6(12)10(2-1-8)5(4)11/h3H,2H2,(H,9,12). The van der Waals surface area contributed by atoms with Crippen LogP contribution in [0.3, 0.4) is 0 Å². The van der Waals surface area contributed by atoms with Crippen molar-refractivity contribution in [3.8, 4) is 6.07 Å². The lowest BCUT2D eigenvalue weighted by atomic mass is 10.6. The molecule has 1 aromatic heterocycles. The van der Waals surface area contributed by atoms with Crippen LogP contribution in [0.1, 0.15) is 0 Å². The maximum Gasteiger partial charge on any atom is 0.329 e. The van der Waals surface area contributed by atoms with Gasteiger partial charge in [0.1, 0.15) is 11.6 Å². The molecule has 0 unspecified atom stereocenters. The number of aromatic amines is 1. The monoisotopic (exact) mass is 185 g/mol. The molecule has 0 aromatic carbocycles. The van der Waals surface area contributed by atoms with Crippen LogP contribution in [0.15, 0.2) is 15.8 Å². The Hall–Kier alpha value is -1.54. The van der Waals surface area contributed by atoms with E-state index in [2.05, 4.69) is 4.98 Å². The SMILES string of the molecule is N#CCn1c(=O)[nH]cc(Cl)c1=O. The third kappa shape index (κ3) is 1.38. The van der Waals surface area contributed by atoms with Gasteiger partial charge in [-0.15, -0.1) is 0 Å². The number of aromatic nitrogens is 2. The highest BCUT2D eigenvalue weighted by molar-refractivity contribution is 6.30. The zero-order chi connectivity index (χ0) is 9.14. The van der Waals surface area contributed by atoms with Crippen LogP contribution in [0.2, 0.25) is 5.02 Å². The zero-order valence-corrected chi connectivity index (χ0v) is 6.63. The maximum absolute atomic E-state index is 11.0. The van der Waals surface area contributed by atoms with Crippen molar-refractivity contribution in [3.05, 3.63) is 32.1 Å². The van der Waals surface area contributed by atoms with Crippen molar-refractivity contribution in [2.75, 3.05) is 0 Å². The summed E-state index contributed by atoms with van der Waals surface area (Å²) in [6.45, 7) is -0.297. The van der Waals surface area contributed by atoms with Crippen molar-refractivity contribution >= 4 is 11.6 Å². The second-order valence-electron chi connectivity index (χ2n) is 1.99. The van der Waals surface area contributed by atoms with Gasteiger partial charge in [-0.3, -0.25) is 4.79 Å². The molecule has 0 aliphatic rings. The van der Waals surface area contributed by atoms with E-state index in [1.54, 1.807) is 6.07 Å². The largest absolute Gasteiger partial charge is 0.329 e. The van der Waals surface area contributed by atoms with Gasteiger partial charge in [0.15, 0.2) is 0 Å². The summed E-state index contributed by atoms with van der Waals surface area (Å²) in [7, 11) is 0. The topological polar surface area (TPSA) is 78.7 Å². The Bertz CT molecular complexity index is 439. The van der Waals surface area contributed by atoms with Gasteiger partial charge in [0.2, 0.25) is 0 Å². The number of rotatable bonds is 1. The predicted octanol–water partition coefficient (Wildman–Crippen LogP) is -0.286. The summed E-state index contributed by atoms with van der Waals surface area (Å²) in [6, 6.07) is 1.68. The Kier molecular flexibility index (Phi) is 2.31. The minimum absolute atomic E-state index is 0.107. The van der Waals surface area contributed by atoms with Gasteiger partial charge >= 0.3 is 5.69 Å². The molecule has 5 nitrogen and oxygen atoms in total. The third-order valence-electron chi connectivity index (χ3n) is 1.25. The molecule has 0 spiro atoms. The van der Waals surface area contributed by atoms with Crippen LogP contribution in [0.4, 0.5) is 0 Å². The molecular formula is C6H4ClN3O2. The summed E-state index contributed by atoms with van der Waals surface area (Å²) in [5.41, 5.74) is -1.28. The fraction of sp³-hybridized carbons (Fsp3) is 0.167. The number of nitriles is 1. The normalized spacial score (nSPS) is 9.33. The van der Waals surface area contributed by atoms with Crippen LogP contribution in [-0.4, -0.2) is 9.55 Å². The Morgan fingerprint density at radius 3 is 2.92 bits per heavy atom. The molecule has 0 atom stereocenters. The molecule has 0 saturated carbocycles. The smallest absolute Gasteiger partial charge is 0.312 e. The second kappa shape index (κ2) is 3.24. The summed E-state index contributed by atoms with van der Waals surface area (Å²) in [6.07, 6.45) is 1.10. The van der Waals surface area contributed by atoms with Crippen LogP contribution < -0.4 is 11.2 Å². The molecule has 12 heavy (non-hydrogen) atoms. The van der Waals surface area contributed by atoms with Gasteiger partial charge in [-0.2, -0.15) is 5.26 Å². The average Bonchev–Trinajstić information content (AvgIpc) is 2.06. The fourth-order valence-corrected chi connectivity index (χ4v) is 0.857. The molecule has 0 fully saturated rings. The highest BCUT2D eigenvalue weighted by Gasteiger charge is 2.03. The maximum atomic E-state index is 11.0. The molecule has 1 aromatic rings. The van der Waals surface area contributed by atoms with Crippen molar-refractivity contribution in [2.45, 2.75) is 6.54 Å². The molecule has 6 heteroatoms. The van der Waals surface area contributed by atoms with Crippen molar-refractivity contribution in [3.63, 3.8) is 0 Å². The molecule has 1 rings (SSSR count). The highest BCUT2D eigenvalue weighted by Crippen LogP contribution is 1.92. The molecule has 1 N–H and O–H groups in total. The lowest BCUT2D eigenvalue weighted by Gasteiger charge is -1.96. The van der Waals surface area contributed by atoms with Crippen molar-refractivity contribution in [1.82, 2.24) is 9.55 Å². The van der Waals surface area contributed by atoms with Gasteiger partial charge in [-0.1, -0.05) is 11.6 Å². The number of hydrogen-bond acceptors (Lipinski definition) is 3. The number of hydrogen-bond donors (Lipinski definition) is 1. The Morgan fingerprint density at radius 2 is 2.33 bits per heavy atom. The molecule has 1 heterocycles. The molecule has 62 valence electrons. The molecule has 0 saturated heterocycles. The van der Waals surface area contributed by atoms with E-state index < -0.39 is 11.2 Å². The first kappa shape index (κ1) is 8.56. The van der Waals surface area contributed by atoms with Gasteiger partial charge in [0, 0.05) is 6.20 Å². The van der Waals surface area contributed by atoms with Crippen LogP contribution in [-0.2, 0) is 6.54 Å². The van der Waals surface area contributed by atoms with E-state index in [0.717, 1.165) is 10.8 Å². The van der Waals surface area contributed by atoms with Crippen molar-refractivity contribution < 1.29 is 0 Å². The number of H-pyrrole nitrogens is 1. The Labute approximate surface area is 71.8 Å². The van der Waals surface area contributed by atoms with Gasteiger partial charge in [0.25, 0.3) is 5.56 Å². The van der Waals surface area contributed by atoms with Crippen molar-refractivity contribution in [1.29, 1.82) is 5.26 Å². The molecule has 0 aliphatic heterocycles. The van der Waals surface area contributed by atoms with Crippen LogP contribution in [0.5, 0.6) is 0 Å². The summed E-state index contributed by atoms with van der Waals surface area (Å²) in [4.78, 5) is 24.1. The van der Waals surface area contributed by atoms with E-state index in [9.17, 15) is 9.59 Å². The van der Waals surface area contributed by atoms with E-state index in [4.69, 9.17) is 16.9 Å². The summed E-state index contributed by atoms with van der Waals surface area (Å²) >= 11 is 5.41. The number of nitrogens with one attached hydrogen (secondary N) is 1. The summed E-state index contributed by atoms with van der Waals surface area (Å²) < 4.78 is 0.725. The third-order valence-corrected chi connectivity index (χ3v) is 1.52. The summed E-state index contributed by atoms with van der Waals surface area (Å²) in [5, 5.41) is 8.15. The van der Waals surface area contributed by atoms with Gasteiger partial charge in [0.05, 0.1) is 6.07 Å². The van der Waals surface area contributed by atoms with E-state index in [-0.39, 0.29) is 11.6 Å². The first-order valence-corrected chi connectivity index (χ1v) is 3.39. The van der Waals surface area contributed by atoms with Gasteiger partial charge < -0.3 is 4.98 Å². The summed E-state index contributed by atoms with van der Waals surface area (Å²) in [5.74, 6) is 0. The average molecular weight is 186 g/mol. The van der Waals surface area contributed by atoms with Gasteiger partial charge in [-0.05, 0) is 0 Å². The minimum Gasteiger partial charge on any atom is -0.312 e. The lowest BCUT2D eigenvalue weighted by molar-refractivity contribution is 0.721. The van der Waals surface area contributed by atoms with Crippen LogP contribution >= 0.6 is 11.6 Å². The van der Waals surface area contributed by atoms with E-state index >= 15 is 0 Å². The van der Waals surface area contributed by atoms with E-state index in [1.807, 2.05) is 0 Å². The van der Waals surface area contributed by atoms with Crippen LogP contribution in [0.25, 0.3) is 0 Å². The minimum atomic E-state index is -0.651.